The zero-order chi connectivity index (χ0) is 17.6. The van der Waals surface area contributed by atoms with E-state index in [1.807, 2.05) is 6.07 Å². The Bertz CT molecular complexity index is 686. The second kappa shape index (κ2) is 8.27. The minimum Gasteiger partial charge on any atom is -0.368 e. The molecule has 134 valence electrons. The summed E-state index contributed by atoms with van der Waals surface area (Å²) in [6, 6.07) is 10.7. The van der Waals surface area contributed by atoms with Gasteiger partial charge in [0.05, 0.1) is 11.7 Å². The van der Waals surface area contributed by atoms with E-state index in [0.29, 0.717) is 5.95 Å². The molecule has 1 aromatic carbocycles. The van der Waals surface area contributed by atoms with Gasteiger partial charge in [-0.1, -0.05) is 30.3 Å². The second-order valence-corrected chi connectivity index (χ2v) is 6.81. The molecular weight excluding hydrogens is 312 g/mol. The third-order valence-corrected chi connectivity index (χ3v) is 4.58. The van der Waals surface area contributed by atoms with Crippen molar-refractivity contribution in [1.29, 1.82) is 0 Å². The molecule has 0 fully saturated rings. The van der Waals surface area contributed by atoms with Crippen LogP contribution in [0.4, 0.5) is 11.8 Å². The maximum atomic E-state index is 5.98. The molecular formula is C19H28N6. The van der Waals surface area contributed by atoms with Gasteiger partial charge < -0.3 is 21.3 Å². The molecule has 1 aliphatic heterocycles. The van der Waals surface area contributed by atoms with E-state index in [1.165, 1.54) is 11.1 Å². The van der Waals surface area contributed by atoms with E-state index in [4.69, 9.17) is 5.73 Å². The first-order chi connectivity index (χ1) is 12.1. The Morgan fingerprint density at radius 2 is 1.92 bits per heavy atom. The van der Waals surface area contributed by atoms with Crippen LogP contribution >= 0.6 is 0 Å². The summed E-state index contributed by atoms with van der Waals surface area (Å²) in [6.07, 6.45) is 2.81. The molecule has 6 nitrogen and oxygen atoms in total. The predicted molar refractivity (Wildman–Crippen MR) is 103 cm³/mol. The van der Waals surface area contributed by atoms with Gasteiger partial charge in [0, 0.05) is 18.5 Å². The van der Waals surface area contributed by atoms with Crippen molar-refractivity contribution in [3.63, 3.8) is 0 Å². The first-order valence-electron chi connectivity index (χ1n) is 8.95. The highest BCUT2D eigenvalue weighted by atomic mass is 15.1. The molecule has 1 aliphatic rings. The van der Waals surface area contributed by atoms with Crippen LogP contribution in [0.3, 0.4) is 0 Å². The van der Waals surface area contributed by atoms with Crippen molar-refractivity contribution in [2.45, 2.75) is 25.3 Å². The Morgan fingerprint density at radius 3 is 2.68 bits per heavy atom. The average Bonchev–Trinajstić information content (AvgIpc) is 2.84. The largest absolute Gasteiger partial charge is 0.368 e. The number of benzene rings is 1. The van der Waals surface area contributed by atoms with Gasteiger partial charge in [-0.2, -0.15) is 4.98 Å². The molecule has 0 amide bonds. The fourth-order valence-corrected chi connectivity index (χ4v) is 3.24. The molecule has 0 spiro atoms. The lowest BCUT2D eigenvalue weighted by molar-refractivity contribution is 0.387. The Labute approximate surface area is 149 Å². The number of hydrogen-bond acceptors (Lipinski definition) is 6. The van der Waals surface area contributed by atoms with Gasteiger partial charge in [0.25, 0.3) is 0 Å². The van der Waals surface area contributed by atoms with E-state index < -0.39 is 0 Å². The highest BCUT2D eigenvalue weighted by Crippen LogP contribution is 2.27. The van der Waals surface area contributed by atoms with Crippen LogP contribution in [0.1, 0.15) is 29.3 Å². The summed E-state index contributed by atoms with van der Waals surface area (Å²) < 4.78 is 0. The Kier molecular flexibility index (Phi) is 5.83. The molecule has 0 radical (unpaired) electrons. The van der Waals surface area contributed by atoms with Crippen LogP contribution in [0.5, 0.6) is 0 Å². The molecule has 4 N–H and O–H groups in total. The van der Waals surface area contributed by atoms with Crippen molar-refractivity contribution in [3.05, 3.63) is 47.2 Å². The number of anilines is 2. The monoisotopic (exact) mass is 340 g/mol. The van der Waals surface area contributed by atoms with Gasteiger partial charge in [-0.25, -0.2) is 4.98 Å². The standard InChI is InChI=1S/C19H28N6/c1-25(2)13-10-16(14-6-4-3-5-7-14)22-18-15-8-11-21-12-9-17(15)23-19(20)24-18/h3-7,16,21H,8-13H2,1-2H3,(H3,20,22,23,24)/t16-/m0/s1. The molecule has 2 heterocycles. The number of aromatic nitrogens is 2. The molecule has 0 saturated heterocycles. The molecule has 3 rings (SSSR count). The van der Waals surface area contributed by atoms with E-state index in [0.717, 1.165) is 50.4 Å². The van der Waals surface area contributed by atoms with Gasteiger partial charge in [-0.05, 0) is 45.6 Å². The summed E-state index contributed by atoms with van der Waals surface area (Å²) in [5, 5.41) is 7.08. The van der Waals surface area contributed by atoms with E-state index in [1.54, 1.807) is 0 Å². The summed E-state index contributed by atoms with van der Waals surface area (Å²) in [4.78, 5) is 11.2. The number of nitrogens with one attached hydrogen (secondary N) is 2. The summed E-state index contributed by atoms with van der Waals surface area (Å²) >= 11 is 0. The number of hydrogen-bond donors (Lipinski definition) is 3. The molecule has 0 saturated carbocycles. The predicted octanol–water partition coefficient (Wildman–Crippen LogP) is 1.85. The van der Waals surface area contributed by atoms with Crippen LogP contribution in [0.25, 0.3) is 0 Å². The van der Waals surface area contributed by atoms with Crippen LogP contribution in [-0.4, -0.2) is 48.6 Å². The molecule has 6 heteroatoms. The Balaban J connectivity index is 1.90. The Morgan fingerprint density at radius 1 is 1.16 bits per heavy atom. The first-order valence-corrected chi connectivity index (χ1v) is 8.95. The fraction of sp³-hybridized carbons (Fsp3) is 0.474. The fourth-order valence-electron chi connectivity index (χ4n) is 3.24. The van der Waals surface area contributed by atoms with Gasteiger partial charge in [0.15, 0.2) is 0 Å². The number of fused-ring (bicyclic) bond motifs is 1. The van der Waals surface area contributed by atoms with Crippen molar-refractivity contribution in [2.24, 2.45) is 0 Å². The van der Waals surface area contributed by atoms with Gasteiger partial charge >= 0.3 is 0 Å². The summed E-state index contributed by atoms with van der Waals surface area (Å²) in [5.74, 6) is 1.24. The Hall–Kier alpha value is -2.18. The molecule has 0 unspecified atom stereocenters. The van der Waals surface area contributed by atoms with E-state index >= 15 is 0 Å². The van der Waals surface area contributed by atoms with Gasteiger partial charge in [0.2, 0.25) is 5.95 Å². The molecule has 2 aromatic rings. The number of nitrogens with zero attached hydrogens (tertiary/aromatic N) is 3. The summed E-state index contributed by atoms with van der Waals surface area (Å²) in [6.45, 7) is 2.88. The lowest BCUT2D eigenvalue weighted by atomic mass is 10.0. The lowest BCUT2D eigenvalue weighted by Gasteiger charge is -2.23. The minimum absolute atomic E-state index is 0.193. The quantitative estimate of drug-likeness (QED) is 0.745. The maximum Gasteiger partial charge on any atom is 0.222 e. The van der Waals surface area contributed by atoms with Crippen molar-refractivity contribution >= 4 is 11.8 Å². The highest BCUT2D eigenvalue weighted by Gasteiger charge is 2.19. The molecule has 1 atom stereocenters. The molecule has 0 bridgehead atoms. The van der Waals surface area contributed by atoms with E-state index in [-0.39, 0.29) is 6.04 Å². The zero-order valence-electron chi connectivity index (χ0n) is 15.1. The van der Waals surface area contributed by atoms with Crippen molar-refractivity contribution in [1.82, 2.24) is 20.2 Å². The normalized spacial score (nSPS) is 15.5. The first kappa shape index (κ1) is 17.6. The smallest absolute Gasteiger partial charge is 0.222 e. The molecule has 0 aliphatic carbocycles. The van der Waals surface area contributed by atoms with E-state index in [2.05, 4.69) is 63.9 Å². The van der Waals surface area contributed by atoms with Crippen LogP contribution in [-0.2, 0) is 12.8 Å². The van der Waals surface area contributed by atoms with Crippen LogP contribution in [0.2, 0.25) is 0 Å². The van der Waals surface area contributed by atoms with Crippen molar-refractivity contribution < 1.29 is 0 Å². The summed E-state index contributed by atoms with van der Waals surface area (Å²) in [5.41, 5.74) is 9.51. The minimum atomic E-state index is 0.193. The summed E-state index contributed by atoms with van der Waals surface area (Å²) in [7, 11) is 4.20. The number of nitrogen functional groups attached to an aromatic ring is 1. The van der Waals surface area contributed by atoms with Crippen molar-refractivity contribution in [2.75, 3.05) is 44.8 Å². The van der Waals surface area contributed by atoms with Gasteiger partial charge in [0.1, 0.15) is 5.82 Å². The molecule has 1 aromatic heterocycles. The SMILES string of the molecule is CN(C)CC[C@H](Nc1nc(N)nc2c1CCNCC2)c1ccccc1. The lowest BCUT2D eigenvalue weighted by Crippen LogP contribution is -2.22. The van der Waals surface area contributed by atoms with Crippen LogP contribution < -0.4 is 16.4 Å². The number of nitrogens with two attached hydrogens (primary N) is 1. The zero-order valence-corrected chi connectivity index (χ0v) is 15.1. The molecule has 25 heavy (non-hydrogen) atoms. The highest BCUT2D eigenvalue weighted by molar-refractivity contribution is 5.52. The third-order valence-electron chi connectivity index (χ3n) is 4.58. The average molecular weight is 340 g/mol. The third kappa shape index (κ3) is 4.67. The second-order valence-electron chi connectivity index (χ2n) is 6.81. The van der Waals surface area contributed by atoms with Crippen molar-refractivity contribution in [3.8, 4) is 0 Å². The topological polar surface area (TPSA) is 79.1 Å². The van der Waals surface area contributed by atoms with Gasteiger partial charge in [-0.3, -0.25) is 0 Å². The van der Waals surface area contributed by atoms with Crippen LogP contribution in [0, 0.1) is 0 Å². The van der Waals surface area contributed by atoms with E-state index in [9.17, 15) is 0 Å². The van der Waals surface area contributed by atoms with Crippen LogP contribution in [0.15, 0.2) is 30.3 Å². The number of rotatable bonds is 6. The maximum absolute atomic E-state index is 5.98. The van der Waals surface area contributed by atoms with Gasteiger partial charge in [-0.15, -0.1) is 0 Å².